The molecule has 0 spiro atoms. The van der Waals surface area contributed by atoms with Gasteiger partial charge in [-0.25, -0.2) is 4.39 Å². The molecule has 0 aliphatic carbocycles. The van der Waals surface area contributed by atoms with Crippen LogP contribution < -0.4 is 5.46 Å². The van der Waals surface area contributed by atoms with E-state index in [4.69, 9.17) is 0 Å². The minimum atomic E-state index is -1.58. The molecule has 0 saturated carbocycles. The summed E-state index contributed by atoms with van der Waals surface area (Å²) in [6.45, 7) is 0. The molecule has 2 aromatic carbocycles. The molecule has 0 aliphatic rings. The summed E-state index contributed by atoms with van der Waals surface area (Å²) >= 11 is 1.37. The van der Waals surface area contributed by atoms with Crippen molar-refractivity contribution in [3.63, 3.8) is 0 Å². The lowest BCUT2D eigenvalue weighted by molar-refractivity contribution is 0.426. The Labute approximate surface area is 101 Å². The van der Waals surface area contributed by atoms with Gasteiger partial charge >= 0.3 is 7.12 Å². The first-order valence-corrected chi connectivity index (χ1v) is 5.96. The number of thiophene rings is 1. The van der Waals surface area contributed by atoms with E-state index in [2.05, 4.69) is 0 Å². The highest BCUT2D eigenvalue weighted by atomic mass is 32.1. The Kier molecular flexibility index (Phi) is 2.40. The average Bonchev–Trinajstić information content (AvgIpc) is 2.68. The molecule has 0 fully saturated rings. The highest BCUT2D eigenvalue weighted by molar-refractivity contribution is 7.27. The van der Waals surface area contributed by atoms with Crippen LogP contribution in [0, 0.1) is 5.82 Å². The summed E-state index contributed by atoms with van der Waals surface area (Å²) in [4.78, 5) is 0. The van der Waals surface area contributed by atoms with Crippen LogP contribution in [0.3, 0.4) is 0 Å². The van der Waals surface area contributed by atoms with Crippen LogP contribution in [-0.4, -0.2) is 17.2 Å². The highest BCUT2D eigenvalue weighted by Gasteiger charge is 2.19. The summed E-state index contributed by atoms with van der Waals surface area (Å²) in [5.74, 6) is -0.332. The smallest absolute Gasteiger partial charge is 0.423 e. The fraction of sp³-hybridized carbons (Fsp3) is 0. The zero-order valence-corrected chi connectivity index (χ0v) is 9.54. The van der Waals surface area contributed by atoms with Gasteiger partial charge in [-0.2, -0.15) is 0 Å². The molecule has 1 aromatic heterocycles. The summed E-state index contributed by atoms with van der Waals surface area (Å²) in [7, 11) is -1.58. The van der Waals surface area contributed by atoms with E-state index in [1.165, 1.54) is 23.5 Å². The summed E-state index contributed by atoms with van der Waals surface area (Å²) < 4.78 is 15.4. The van der Waals surface area contributed by atoms with Crippen LogP contribution in [0.5, 0.6) is 0 Å². The molecule has 3 rings (SSSR count). The molecule has 0 aliphatic heterocycles. The second-order valence-corrected chi connectivity index (χ2v) is 4.86. The molecule has 2 N–H and O–H groups in total. The van der Waals surface area contributed by atoms with E-state index in [1.54, 1.807) is 0 Å². The fourth-order valence-electron chi connectivity index (χ4n) is 2.01. The van der Waals surface area contributed by atoms with Crippen molar-refractivity contribution in [2.45, 2.75) is 0 Å². The van der Waals surface area contributed by atoms with E-state index < -0.39 is 7.12 Å². The SMILES string of the molecule is OB(O)c1ccc(F)c2c1sc1ccccc12. The molecule has 5 heteroatoms. The van der Waals surface area contributed by atoms with Gasteiger partial charge in [0.1, 0.15) is 5.82 Å². The van der Waals surface area contributed by atoms with Crippen LogP contribution in [0.25, 0.3) is 20.2 Å². The lowest BCUT2D eigenvalue weighted by atomic mass is 9.79. The van der Waals surface area contributed by atoms with Crippen molar-refractivity contribution in [1.82, 2.24) is 0 Å². The van der Waals surface area contributed by atoms with E-state index in [0.717, 1.165) is 10.1 Å². The number of hydrogen-bond acceptors (Lipinski definition) is 3. The van der Waals surface area contributed by atoms with Crippen molar-refractivity contribution in [2.75, 3.05) is 0 Å². The number of rotatable bonds is 1. The Hall–Kier alpha value is -1.43. The normalized spacial score (nSPS) is 11.2. The van der Waals surface area contributed by atoms with Crippen molar-refractivity contribution < 1.29 is 14.4 Å². The highest BCUT2D eigenvalue weighted by Crippen LogP contribution is 2.34. The van der Waals surface area contributed by atoms with E-state index in [0.29, 0.717) is 15.5 Å². The number of halogens is 1. The van der Waals surface area contributed by atoms with Crippen LogP contribution in [-0.2, 0) is 0 Å². The second kappa shape index (κ2) is 3.80. The van der Waals surface area contributed by atoms with Gasteiger partial charge in [0.25, 0.3) is 0 Å². The molecule has 0 atom stereocenters. The fourth-order valence-corrected chi connectivity index (χ4v) is 3.26. The Morgan fingerprint density at radius 2 is 1.82 bits per heavy atom. The van der Waals surface area contributed by atoms with Gasteiger partial charge < -0.3 is 10.0 Å². The lowest BCUT2D eigenvalue weighted by Crippen LogP contribution is -2.30. The maximum atomic E-state index is 13.8. The maximum Gasteiger partial charge on any atom is 0.489 e. The standard InChI is InChI=1S/C12H8BFO2S/c14-9-6-5-8(13(15)16)12-11(9)7-3-1-2-4-10(7)17-12/h1-6,15-16H. The van der Waals surface area contributed by atoms with Crippen molar-refractivity contribution in [2.24, 2.45) is 0 Å². The zero-order valence-electron chi connectivity index (χ0n) is 8.72. The molecule has 0 saturated heterocycles. The molecule has 84 valence electrons. The van der Waals surface area contributed by atoms with Gasteiger partial charge in [0, 0.05) is 25.6 Å². The zero-order chi connectivity index (χ0) is 12.0. The predicted octanol–water partition coefficient (Wildman–Crippen LogP) is 1.87. The second-order valence-electron chi connectivity index (χ2n) is 3.81. The van der Waals surface area contributed by atoms with Crippen LogP contribution in [0.15, 0.2) is 36.4 Å². The third-order valence-corrected chi connectivity index (χ3v) is 4.00. The largest absolute Gasteiger partial charge is 0.489 e. The van der Waals surface area contributed by atoms with Gasteiger partial charge in [0.2, 0.25) is 0 Å². The summed E-state index contributed by atoms with van der Waals surface area (Å²) in [5, 5.41) is 19.8. The Balaban J connectivity index is 2.54. The third kappa shape index (κ3) is 1.55. The number of benzene rings is 2. The topological polar surface area (TPSA) is 40.5 Å². The Morgan fingerprint density at radius 3 is 2.59 bits per heavy atom. The minimum Gasteiger partial charge on any atom is -0.423 e. The molecule has 1 heterocycles. The average molecular weight is 246 g/mol. The van der Waals surface area contributed by atoms with E-state index in [1.807, 2.05) is 24.3 Å². The van der Waals surface area contributed by atoms with E-state index >= 15 is 0 Å². The molecule has 0 amide bonds. The van der Waals surface area contributed by atoms with Gasteiger partial charge in [-0.15, -0.1) is 11.3 Å². The van der Waals surface area contributed by atoms with E-state index in [9.17, 15) is 14.4 Å². The van der Waals surface area contributed by atoms with Crippen LogP contribution >= 0.6 is 11.3 Å². The minimum absolute atomic E-state index is 0.332. The predicted molar refractivity (Wildman–Crippen MR) is 69.1 cm³/mol. The molecule has 2 nitrogen and oxygen atoms in total. The first kappa shape index (κ1) is 10.7. The van der Waals surface area contributed by atoms with Crippen LogP contribution in [0.2, 0.25) is 0 Å². The first-order valence-electron chi connectivity index (χ1n) is 5.14. The van der Waals surface area contributed by atoms with E-state index in [-0.39, 0.29) is 5.82 Å². The van der Waals surface area contributed by atoms with Crippen molar-refractivity contribution in [3.8, 4) is 0 Å². The molecule has 17 heavy (non-hydrogen) atoms. The first-order chi connectivity index (χ1) is 8.18. The lowest BCUT2D eigenvalue weighted by Gasteiger charge is -2.01. The molecule has 3 aromatic rings. The van der Waals surface area contributed by atoms with Gasteiger partial charge in [0.15, 0.2) is 0 Å². The number of hydrogen-bond donors (Lipinski definition) is 2. The summed E-state index contributed by atoms with van der Waals surface area (Å²) in [5.41, 5.74) is 0.350. The van der Waals surface area contributed by atoms with Gasteiger partial charge in [0.05, 0.1) is 0 Å². The summed E-state index contributed by atoms with van der Waals surface area (Å²) in [6.07, 6.45) is 0. The van der Waals surface area contributed by atoms with Crippen molar-refractivity contribution >= 4 is 44.1 Å². The summed E-state index contributed by atoms with van der Waals surface area (Å²) in [6, 6.07) is 10.1. The maximum absolute atomic E-state index is 13.8. The quantitative estimate of drug-likeness (QED) is 0.643. The molecular formula is C12H8BFO2S. The molecule has 0 unspecified atom stereocenters. The molecular weight excluding hydrogens is 238 g/mol. The van der Waals surface area contributed by atoms with Gasteiger partial charge in [-0.3, -0.25) is 0 Å². The monoisotopic (exact) mass is 246 g/mol. The van der Waals surface area contributed by atoms with Crippen molar-refractivity contribution in [3.05, 3.63) is 42.2 Å². The van der Waals surface area contributed by atoms with Crippen molar-refractivity contribution in [1.29, 1.82) is 0 Å². The van der Waals surface area contributed by atoms with Crippen LogP contribution in [0.1, 0.15) is 0 Å². The Morgan fingerprint density at radius 1 is 1.06 bits per heavy atom. The number of fused-ring (bicyclic) bond motifs is 3. The Bertz CT molecular complexity index is 708. The molecule has 0 bridgehead atoms. The van der Waals surface area contributed by atoms with Gasteiger partial charge in [-0.05, 0) is 12.1 Å². The third-order valence-electron chi connectivity index (χ3n) is 2.78. The van der Waals surface area contributed by atoms with Crippen LogP contribution in [0.4, 0.5) is 4.39 Å². The van der Waals surface area contributed by atoms with Gasteiger partial charge in [-0.1, -0.05) is 24.3 Å². The molecule has 0 radical (unpaired) electrons.